The van der Waals surface area contributed by atoms with Gasteiger partial charge in [0.25, 0.3) is 0 Å². The van der Waals surface area contributed by atoms with Gasteiger partial charge in [-0.15, -0.1) is 0 Å². The third-order valence-corrected chi connectivity index (χ3v) is 2.89. The lowest BCUT2D eigenvalue weighted by Gasteiger charge is -2.01. The van der Waals surface area contributed by atoms with Crippen LogP contribution in [-0.4, -0.2) is 16.8 Å². The van der Waals surface area contributed by atoms with Gasteiger partial charge in [0.2, 0.25) is 0 Å². The maximum Gasteiger partial charge on any atom is 0.0638 e. The highest BCUT2D eigenvalue weighted by atomic mass is 15.3. The summed E-state index contributed by atoms with van der Waals surface area (Å²) in [4.78, 5) is 0. The highest BCUT2D eigenvalue weighted by Crippen LogP contribution is 2.07. The molecule has 1 heterocycles. The van der Waals surface area contributed by atoms with E-state index in [1.165, 1.54) is 11.1 Å². The maximum atomic E-state index is 4.52. The van der Waals surface area contributed by atoms with E-state index in [4.69, 9.17) is 0 Å². The first-order valence-electron chi connectivity index (χ1n) is 6.01. The summed E-state index contributed by atoms with van der Waals surface area (Å²) in [5.74, 6) is 0. The molecule has 1 N–H and O–H groups in total. The van der Waals surface area contributed by atoms with Crippen molar-refractivity contribution in [2.75, 3.05) is 7.05 Å². The van der Waals surface area contributed by atoms with Crippen LogP contribution in [0.25, 0.3) is 0 Å². The Morgan fingerprint density at radius 2 is 2.00 bits per heavy atom. The lowest BCUT2D eigenvalue weighted by atomic mass is 10.1. The van der Waals surface area contributed by atoms with Gasteiger partial charge in [-0.25, -0.2) is 0 Å². The molecule has 3 heteroatoms. The molecule has 3 nitrogen and oxygen atoms in total. The summed E-state index contributed by atoms with van der Waals surface area (Å²) in [6.07, 6.45) is 3.16. The molecule has 1 aromatic heterocycles. The van der Waals surface area contributed by atoms with Crippen LogP contribution < -0.4 is 5.32 Å². The Hall–Kier alpha value is -1.61. The summed E-state index contributed by atoms with van der Waals surface area (Å²) in [5, 5.41) is 7.68. The number of benzene rings is 1. The van der Waals surface area contributed by atoms with Crippen LogP contribution in [0.1, 0.15) is 16.8 Å². The molecule has 2 aromatic rings. The van der Waals surface area contributed by atoms with Crippen molar-refractivity contribution < 1.29 is 0 Å². The van der Waals surface area contributed by atoms with Gasteiger partial charge >= 0.3 is 0 Å². The van der Waals surface area contributed by atoms with Crippen LogP contribution in [0.4, 0.5) is 0 Å². The Balaban J connectivity index is 1.97. The minimum Gasteiger partial charge on any atom is -0.316 e. The Labute approximate surface area is 102 Å². The number of nitrogens with zero attached hydrogens (tertiary/aromatic N) is 2. The van der Waals surface area contributed by atoms with Gasteiger partial charge in [-0.2, -0.15) is 5.10 Å². The van der Waals surface area contributed by atoms with E-state index in [1.54, 1.807) is 0 Å². The molecule has 0 saturated heterocycles. The van der Waals surface area contributed by atoms with Gasteiger partial charge in [-0.3, -0.25) is 4.68 Å². The molecular weight excluding hydrogens is 210 g/mol. The Bertz CT molecular complexity index is 460. The maximum absolute atomic E-state index is 4.52. The quantitative estimate of drug-likeness (QED) is 0.851. The first-order valence-corrected chi connectivity index (χ1v) is 6.01. The van der Waals surface area contributed by atoms with Crippen molar-refractivity contribution in [3.8, 4) is 0 Å². The normalized spacial score (nSPS) is 10.7. The van der Waals surface area contributed by atoms with Crippen LogP contribution >= 0.6 is 0 Å². The molecule has 0 radical (unpaired) electrons. The number of hydrogen-bond acceptors (Lipinski definition) is 2. The van der Waals surface area contributed by atoms with Crippen LogP contribution in [0.3, 0.4) is 0 Å². The van der Waals surface area contributed by atoms with Crippen LogP contribution in [0, 0.1) is 6.92 Å². The highest BCUT2D eigenvalue weighted by molar-refractivity contribution is 5.16. The second-order valence-corrected chi connectivity index (χ2v) is 4.27. The average molecular weight is 229 g/mol. The van der Waals surface area contributed by atoms with Crippen molar-refractivity contribution in [1.82, 2.24) is 15.1 Å². The average Bonchev–Trinajstić information content (AvgIpc) is 2.70. The molecule has 0 unspecified atom stereocenters. The molecule has 90 valence electrons. The lowest BCUT2D eigenvalue weighted by molar-refractivity contribution is 0.609. The van der Waals surface area contributed by atoms with Gasteiger partial charge < -0.3 is 5.32 Å². The van der Waals surface area contributed by atoms with Crippen LogP contribution in [0.2, 0.25) is 0 Å². The van der Waals surface area contributed by atoms with E-state index < -0.39 is 0 Å². The van der Waals surface area contributed by atoms with E-state index >= 15 is 0 Å². The summed E-state index contributed by atoms with van der Waals surface area (Å²) in [5.41, 5.74) is 3.75. The first kappa shape index (κ1) is 11.9. The van der Waals surface area contributed by atoms with Crippen LogP contribution in [0.15, 0.2) is 36.5 Å². The summed E-state index contributed by atoms with van der Waals surface area (Å²) < 4.78 is 2.04. The SMILES string of the molecule is CNCc1cn(CCc2ccccc2)nc1C. The first-order chi connectivity index (χ1) is 8.29. The van der Waals surface area contributed by atoms with Crippen molar-refractivity contribution in [2.45, 2.75) is 26.4 Å². The summed E-state index contributed by atoms with van der Waals surface area (Å²) in [6.45, 7) is 3.89. The molecule has 0 aliphatic heterocycles. The van der Waals surface area contributed by atoms with Crippen molar-refractivity contribution in [2.24, 2.45) is 0 Å². The molecule has 0 amide bonds. The monoisotopic (exact) mass is 229 g/mol. The van der Waals surface area contributed by atoms with Gasteiger partial charge in [0.15, 0.2) is 0 Å². The van der Waals surface area contributed by atoms with Gasteiger partial charge in [0.05, 0.1) is 5.69 Å². The van der Waals surface area contributed by atoms with Gasteiger partial charge in [0, 0.05) is 24.8 Å². The molecule has 2 rings (SSSR count). The molecular formula is C14H19N3. The van der Waals surface area contributed by atoms with Gasteiger partial charge in [-0.05, 0) is 26.0 Å². The smallest absolute Gasteiger partial charge is 0.0638 e. The van der Waals surface area contributed by atoms with E-state index in [9.17, 15) is 0 Å². The number of hydrogen-bond donors (Lipinski definition) is 1. The van der Waals surface area contributed by atoms with E-state index in [-0.39, 0.29) is 0 Å². The van der Waals surface area contributed by atoms with Crippen molar-refractivity contribution >= 4 is 0 Å². The van der Waals surface area contributed by atoms with E-state index in [0.29, 0.717) is 0 Å². The minimum absolute atomic E-state index is 0.886. The minimum atomic E-state index is 0.886. The number of aromatic nitrogens is 2. The molecule has 0 aliphatic carbocycles. The van der Waals surface area contributed by atoms with E-state index in [1.807, 2.05) is 17.8 Å². The molecule has 17 heavy (non-hydrogen) atoms. The highest BCUT2D eigenvalue weighted by Gasteiger charge is 2.03. The zero-order chi connectivity index (χ0) is 12.1. The zero-order valence-corrected chi connectivity index (χ0v) is 10.5. The summed E-state index contributed by atoms with van der Waals surface area (Å²) >= 11 is 0. The standard InChI is InChI=1S/C14H19N3/c1-12-14(10-15-2)11-17(16-12)9-8-13-6-4-3-5-7-13/h3-7,11,15H,8-10H2,1-2H3. The molecule has 0 fully saturated rings. The molecule has 1 aromatic carbocycles. The number of rotatable bonds is 5. The third-order valence-electron chi connectivity index (χ3n) is 2.89. The summed E-state index contributed by atoms with van der Waals surface area (Å²) in [7, 11) is 1.96. The van der Waals surface area contributed by atoms with E-state index in [2.05, 4.69) is 47.8 Å². The third kappa shape index (κ3) is 3.17. The van der Waals surface area contributed by atoms with Gasteiger partial charge in [-0.1, -0.05) is 30.3 Å². The lowest BCUT2D eigenvalue weighted by Crippen LogP contribution is -2.05. The fraction of sp³-hybridized carbons (Fsp3) is 0.357. The van der Waals surface area contributed by atoms with Crippen molar-refractivity contribution in [3.63, 3.8) is 0 Å². The Morgan fingerprint density at radius 1 is 1.24 bits per heavy atom. The molecule has 0 atom stereocenters. The predicted molar refractivity (Wildman–Crippen MR) is 69.9 cm³/mol. The fourth-order valence-electron chi connectivity index (χ4n) is 1.93. The second-order valence-electron chi connectivity index (χ2n) is 4.27. The predicted octanol–water partition coefficient (Wildman–Crippen LogP) is 2.15. The molecule has 0 saturated carbocycles. The van der Waals surface area contributed by atoms with Crippen LogP contribution in [0.5, 0.6) is 0 Å². The topological polar surface area (TPSA) is 29.9 Å². The largest absolute Gasteiger partial charge is 0.316 e. The van der Waals surface area contributed by atoms with Crippen molar-refractivity contribution in [1.29, 1.82) is 0 Å². The zero-order valence-electron chi connectivity index (χ0n) is 10.5. The molecule has 0 spiro atoms. The Kier molecular flexibility index (Phi) is 3.94. The van der Waals surface area contributed by atoms with Crippen molar-refractivity contribution in [3.05, 3.63) is 53.3 Å². The summed E-state index contributed by atoms with van der Waals surface area (Å²) in [6, 6.07) is 10.5. The fourth-order valence-corrected chi connectivity index (χ4v) is 1.93. The number of nitrogens with one attached hydrogen (secondary N) is 1. The van der Waals surface area contributed by atoms with Crippen LogP contribution in [-0.2, 0) is 19.5 Å². The molecule has 0 aliphatic rings. The van der Waals surface area contributed by atoms with E-state index in [0.717, 1.165) is 25.2 Å². The number of aryl methyl sites for hydroxylation is 3. The molecule has 0 bridgehead atoms. The second kappa shape index (κ2) is 5.64. The van der Waals surface area contributed by atoms with Gasteiger partial charge in [0.1, 0.15) is 0 Å². The Morgan fingerprint density at radius 3 is 2.71 bits per heavy atom.